The van der Waals surface area contributed by atoms with E-state index in [9.17, 15) is 0 Å². The molecule has 0 spiro atoms. The van der Waals surface area contributed by atoms with Gasteiger partial charge in [0.2, 0.25) is 0 Å². The molecule has 0 radical (unpaired) electrons. The van der Waals surface area contributed by atoms with E-state index in [0.29, 0.717) is 16.0 Å². The van der Waals surface area contributed by atoms with Crippen molar-refractivity contribution in [2.45, 2.75) is 12.3 Å². The number of hydrogen-bond donors (Lipinski definition) is 1. The quantitative estimate of drug-likeness (QED) is 0.815. The second-order valence-electron chi connectivity index (χ2n) is 4.92. The van der Waals surface area contributed by atoms with Crippen molar-refractivity contribution in [1.29, 1.82) is 0 Å². The molecule has 2 aromatic carbocycles. The van der Waals surface area contributed by atoms with E-state index in [4.69, 9.17) is 23.2 Å². The van der Waals surface area contributed by atoms with Crippen molar-refractivity contribution in [1.82, 2.24) is 5.32 Å². The van der Waals surface area contributed by atoms with Gasteiger partial charge in [0.05, 0.1) is 10.0 Å². The maximum absolute atomic E-state index is 6.16. The highest BCUT2D eigenvalue weighted by atomic mass is 35.5. The Morgan fingerprint density at radius 1 is 1.05 bits per heavy atom. The molecule has 0 amide bonds. The Morgan fingerprint density at radius 2 is 1.85 bits per heavy atom. The van der Waals surface area contributed by atoms with Crippen molar-refractivity contribution in [2.75, 3.05) is 7.05 Å². The Labute approximate surface area is 129 Å². The van der Waals surface area contributed by atoms with Crippen LogP contribution in [0.15, 0.2) is 48.5 Å². The summed E-state index contributed by atoms with van der Waals surface area (Å²) < 4.78 is 0. The molecule has 1 atom stereocenters. The Morgan fingerprint density at radius 3 is 2.60 bits per heavy atom. The van der Waals surface area contributed by atoms with Crippen molar-refractivity contribution in [3.63, 3.8) is 0 Å². The first kappa shape index (κ1) is 13.5. The summed E-state index contributed by atoms with van der Waals surface area (Å²) in [6.07, 6.45) is 3.21. The van der Waals surface area contributed by atoms with E-state index < -0.39 is 0 Å². The molecule has 1 nitrogen and oxygen atoms in total. The van der Waals surface area contributed by atoms with Crippen LogP contribution in [0.4, 0.5) is 0 Å². The van der Waals surface area contributed by atoms with Crippen LogP contribution >= 0.6 is 23.2 Å². The van der Waals surface area contributed by atoms with Crippen LogP contribution < -0.4 is 5.32 Å². The first-order chi connectivity index (χ1) is 9.70. The number of halogens is 2. The smallest absolute Gasteiger partial charge is 0.0595 e. The van der Waals surface area contributed by atoms with E-state index in [1.807, 2.05) is 19.2 Å². The van der Waals surface area contributed by atoms with Crippen LogP contribution in [0.1, 0.15) is 29.0 Å². The van der Waals surface area contributed by atoms with Gasteiger partial charge in [-0.1, -0.05) is 59.6 Å². The minimum absolute atomic E-state index is 0.332. The average molecular weight is 304 g/mol. The zero-order chi connectivity index (χ0) is 14.1. The van der Waals surface area contributed by atoms with Crippen LogP contribution in [-0.4, -0.2) is 7.05 Å². The van der Waals surface area contributed by atoms with Crippen molar-refractivity contribution >= 4 is 28.9 Å². The van der Waals surface area contributed by atoms with Crippen LogP contribution in [0, 0.1) is 0 Å². The molecule has 1 N–H and O–H groups in total. The van der Waals surface area contributed by atoms with Crippen LogP contribution in [0.3, 0.4) is 0 Å². The summed E-state index contributed by atoms with van der Waals surface area (Å²) >= 11 is 12.2. The van der Waals surface area contributed by atoms with E-state index in [1.165, 1.54) is 22.4 Å². The maximum atomic E-state index is 6.16. The largest absolute Gasteiger partial charge is 0.388 e. The fraction of sp³-hybridized carbons (Fsp3) is 0.176. The number of allylic oxidation sites excluding steroid dienone is 1. The zero-order valence-electron chi connectivity index (χ0n) is 11.2. The van der Waals surface area contributed by atoms with Gasteiger partial charge in [-0.05, 0) is 29.7 Å². The lowest BCUT2D eigenvalue weighted by atomic mass is 9.81. The number of benzene rings is 2. The second kappa shape index (κ2) is 5.51. The average Bonchev–Trinajstić information content (AvgIpc) is 2.49. The lowest BCUT2D eigenvalue weighted by molar-refractivity contribution is 0.805. The Bertz CT molecular complexity index is 676. The molecule has 0 unspecified atom stereocenters. The van der Waals surface area contributed by atoms with Gasteiger partial charge in [0, 0.05) is 24.2 Å². The van der Waals surface area contributed by atoms with E-state index in [-0.39, 0.29) is 0 Å². The van der Waals surface area contributed by atoms with Crippen molar-refractivity contribution in [3.8, 4) is 0 Å². The Balaban J connectivity index is 2.08. The third-order valence-electron chi connectivity index (χ3n) is 3.80. The lowest BCUT2D eigenvalue weighted by Gasteiger charge is -2.26. The summed E-state index contributed by atoms with van der Waals surface area (Å²) in [7, 11) is 1.96. The summed E-state index contributed by atoms with van der Waals surface area (Å²) in [6.45, 7) is 0. The van der Waals surface area contributed by atoms with Gasteiger partial charge < -0.3 is 5.32 Å². The topological polar surface area (TPSA) is 12.0 Å². The fourth-order valence-corrected chi connectivity index (χ4v) is 3.11. The number of fused-ring (bicyclic) bond motifs is 1. The highest BCUT2D eigenvalue weighted by molar-refractivity contribution is 6.42. The van der Waals surface area contributed by atoms with E-state index in [1.54, 1.807) is 0 Å². The fourth-order valence-electron chi connectivity index (χ4n) is 2.80. The van der Waals surface area contributed by atoms with Crippen LogP contribution in [-0.2, 0) is 0 Å². The molecule has 1 aliphatic rings. The normalized spacial score (nSPS) is 17.4. The van der Waals surface area contributed by atoms with Crippen molar-refractivity contribution in [2.24, 2.45) is 0 Å². The van der Waals surface area contributed by atoms with E-state index >= 15 is 0 Å². The first-order valence-corrected chi connectivity index (χ1v) is 7.38. The van der Waals surface area contributed by atoms with Crippen molar-refractivity contribution < 1.29 is 0 Å². The highest BCUT2D eigenvalue weighted by Gasteiger charge is 2.22. The van der Waals surface area contributed by atoms with Gasteiger partial charge in [0.1, 0.15) is 0 Å². The number of rotatable bonds is 2. The van der Waals surface area contributed by atoms with Gasteiger partial charge in [-0.3, -0.25) is 0 Å². The molecule has 0 saturated heterocycles. The molecule has 2 aromatic rings. The third kappa shape index (κ3) is 2.32. The molecule has 0 aliphatic heterocycles. The molecular weight excluding hydrogens is 289 g/mol. The minimum atomic E-state index is 0.332. The molecule has 3 rings (SSSR count). The molecule has 0 fully saturated rings. The number of hydrogen-bond acceptors (Lipinski definition) is 1. The number of nitrogens with one attached hydrogen (secondary N) is 1. The monoisotopic (exact) mass is 303 g/mol. The first-order valence-electron chi connectivity index (χ1n) is 6.63. The van der Waals surface area contributed by atoms with Gasteiger partial charge in [-0.2, -0.15) is 0 Å². The van der Waals surface area contributed by atoms with Crippen molar-refractivity contribution in [3.05, 3.63) is 75.3 Å². The standard InChI is InChI=1S/C17H15Cl2N/c1-20-17-9-7-12(13-4-2-3-5-14(13)17)11-6-8-15(18)16(19)10-11/h2-6,8-10,12,20H,7H2,1H3/t12-/m0/s1. The molecule has 3 heteroatoms. The lowest BCUT2D eigenvalue weighted by Crippen LogP contribution is -2.14. The predicted octanol–water partition coefficient (Wildman–Crippen LogP) is 5.09. The van der Waals surface area contributed by atoms with Gasteiger partial charge in [0.25, 0.3) is 0 Å². The SMILES string of the molecule is CNC1=CC[C@@H](c2ccc(Cl)c(Cl)c2)c2ccccc21. The zero-order valence-corrected chi connectivity index (χ0v) is 12.7. The van der Waals surface area contributed by atoms with Gasteiger partial charge >= 0.3 is 0 Å². The molecule has 0 aromatic heterocycles. The molecule has 102 valence electrons. The molecule has 0 heterocycles. The molecule has 0 bridgehead atoms. The minimum Gasteiger partial charge on any atom is -0.388 e. The van der Waals surface area contributed by atoms with Gasteiger partial charge in [-0.15, -0.1) is 0 Å². The molecular formula is C17H15Cl2N. The predicted molar refractivity (Wildman–Crippen MR) is 86.4 cm³/mol. The summed E-state index contributed by atoms with van der Waals surface area (Å²) in [4.78, 5) is 0. The molecule has 20 heavy (non-hydrogen) atoms. The Hall–Kier alpha value is -1.44. The third-order valence-corrected chi connectivity index (χ3v) is 4.54. The summed E-state index contributed by atoms with van der Waals surface area (Å²) in [5, 5.41) is 4.49. The maximum Gasteiger partial charge on any atom is 0.0595 e. The highest BCUT2D eigenvalue weighted by Crippen LogP contribution is 2.39. The summed E-state index contributed by atoms with van der Waals surface area (Å²) in [6, 6.07) is 14.4. The molecule has 0 saturated carbocycles. The second-order valence-corrected chi connectivity index (χ2v) is 5.73. The van der Waals surface area contributed by atoms with Crippen LogP contribution in [0.2, 0.25) is 10.0 Å². The molecule has 1 aliphatic carbocycles. The van der Waals surface area contributed by atoms with E-state index in [2.05, 4.69) is 41.7 Å². The van der Waals surface area contributed by atoms with Crippen LogP contribution in [0.25, 0.3) is 5.70 Å². The Kier molecular flexibility index (Phi) is 3.73. The van der Waals surface area contributed by atoms with Gasteiger partial charge in [0.15, 0.2) is 0 Å². The van der Waals surface area contributed by atoms with E-state index in [0.717, 1.165) is 6.42 Å². The van der Waals surface area contributed by atoms with Crippen LogP contribution in [0.5, 0.6) is 0 Å². The summed E-state index contributed by atoms with van der Waals surface area (Å²) in [5.74, 6) is 0.332. The summed E-state index contributed by atoms with van der Waals surface area (Å²) in [5.41, 5.74) is 4.99. The van der Waals surface area contributed by atoms with Gasteiger partial charge in [-0.25, -0.2) is 0 Å².